The molecule has 12 heteroatoms. The molecule has 1 aromatic carbocycles. The summed E-state index contributed by atoms with van der Waals surface area (Å²) in [7, 11) is 0. The first-order valence-electron chi connectivity index (χ1n) is 12.6. The molecule has 0 aliphatic carbocycles. The fourth-order valence-electron chi connectivity index (χ4n) is 4.64. The summed E-state index contributed by atoms with van der Waals surface area (Å²) in [4.78, 5) is 47.3. The highest BCUT2D eigenvalue weighted by Crippen LogP contribution is 2.16. The molecule has 2 aliphatic rings. The quantitative estimate of drug-likeness (QED) is 0.430. The zero-order chi connectivity index (χ0) is 26.7. The number of nitrogens with zero attached hydrogens (tertiary/aromatic N) is 5. The minimum Gasteiger partial charge on any atom is -0.336 e. The molecule has 2 aromatic rings. The van der Waals surface area contributed by atoms with Crippen molar-refractivity contribution < 1.29 is 9.59 Å². The van der Waals surface area contributed by atoms with Crippen LogP contribution in [0.4, 0.5) is 10.6 Å². The molecule has 12 nitrogen and oxygen atoms in total. The topological polar surface area (TPSA) is 169 Å². The molecule has 4 rings (SSSR count). The van der Waals surface area contributed by atoms with Crippen LogP contribution in [0.25, 0.3) is 5.69 Å². The minimum atomic E-state index is -1.01. The van der Waals surface area contributed by atoms with Crippen LogP contribution < -0.4 is 28.2 Å². The van der Waals surface area contributed by atoms with Gasteiger partial charge in [-0.1, -0.05) is 12.1 Å². The Bertz CT molecular complexity index is 1170. The number of piperidine rings is 1. The fourth-order valence-corrected chi connectivity index (χ4v) is 4.64. The molecule has 0 radical (unpaired) electrons. The molecule has 0 unspecified atom stereocenters. The lowest BCUT2D eigenvalue weighted by molar-refractivity contribution is -0.138. The molecule has 2 saturated heterocycles. The van der Waals surface area contributed by atoms with Gasteiger partial charge in [-0.05, 0) is 63.5 Å². The molecule has 2 aliphatic heterocycles. The molecule has 7 N–H and O–H groups in total. The van der Waals surface area contributed by atoms with Crippen LogP contribution in [0, 0.1) is 0 Å². The molecular weight excluding hydrogens is 474 g/mol. The molecule has 0 saturated carbocycles. The average Bonchev–Trinajstić information content (AvgIpc) is 2.85. The Labute approximate surface area is 216 Å². The first kappa shape index (κ1) is 26.7. The Kier molecular flexibility index (Phi) is 7.93. The number of hydrogen-bond acceptors (Lipinski definition) is 8. The third kappa shape index (κ3) is 6.52. The van der Waals surface area contributed by atoms with E-state index in [1.807, 2.05) is 24.3 Å². The number of hydrogen-bond donors (Lipinski definition) is 4. The molecule has 1 atom stereocenters. The third-order valence-electron chi connectivity index (χ3n) is 6.81. The monoisotopic (exact) mass is 511 g/mol. The van der Waals surface area contributed by atoms with Gasteiger partial charge in [0, 0.05) is 31.9 Å². The van der Waals surface area contributed by atoms with Crippen molar-refractivity contribution in [1.82, 2.24) is 24.3 Å². The van der Waals surface area contributed by atoms with Crippen molar-refractivity contribution in [2.45, 2.75) is 51.0 Å². The predicted octanol–water partition coefficient (Wildman–Crippen LogP) is -0.146. The molecule has 0 bridgehead atoms. The number of anilines is 1. The van der Waals surface area contributed by atoms with Crippen molar-refractivity contribution >= 4 is 17.8 Å². The second-order valence-corrected chi connectivity index (χ2v) is 10.4. The van der Waals surface area contributed by atoms with E-state index < -0.39 is 23.4 Å². The summed E-state index contributed by atoms with van der Waals surface area (Å²) in [5.74, 6) is -0.0995. The zero-order valence-electron chi connectivity index (χ0n) is 21.5. The van der Waals surface area contributed by atoms with E-state index in [0.717, 1.165) is 38.0 Å². The van der Waals surface area contributed by atoms with Gasteiger partial charge < -0.3 is 27.0 Å². The average molecular weight is 512 g/mol. The van der Waals surface area contributed by atoms with E-state index >= 15 is 0 Å². The predicted molar refractivity (Wildman–Crippen MR) is 141 cm³/mol. The van der Waals surface area contributed by atoms with Gasteiger partial charge in [-0.2, -0.15) is 4.98 Å². The summed E-state index contributed by atoms with van der Waals surface area (Å²) in [6, 6.07) is 9.15. The second kappa shape index (κ2) is 11.0. The zero-order valence-corrected chi connectivity index (χ0v) is 21.5. The van der Waals surface area contributed by atoms with E-state index in [-0.39, 0.29) is 24.8 Å². The summed E-state index contributed by atoms with van der Waals surface area (Å²) < 4.78 is 1.42. The van der Waals surface area contributed by atoms with E-state index in [2.05, 4.69) is 15.2 Å². The van der Waals surface area contributed by atoms with Crippen LogP contribution in [0.1, 0.15) is 32.3 Å². The number of rotatable bonds is 5. The van der Waals surface area contributed by atoms with Crippen molar-refractivity contribution in [3.05, 3.63) is 52.6 Å². The van der Waals surface area contributed by atoms with Gasteiger partial charge in [-0.3, -0.25) is 19.6 Å². The third-order valence-corrected chi connectivity index (χ3v) is 6.81. The number of carbonyl (C=O) groups is 2. The van der Waals surface area contributed by atoms with Crippen molar-refractivity contribution in [3.8, 4) is 5.69 Å². The standard InChI is InChI=1S/C25H37N9O3/c1-25(2,28)22(35)32-13-14-34(20(27)16-32)24(37)30-21-9-12-33(23(36)29-21)19-5-3-17(4-6-19)15-31-10-7-18(26)8-11-31/h3-6,9,12,18,20H,7-8,10-11,13-16,26-28H2,1-2H3,(H,29,30,36,37)/t20-/m0/s1. The van der Waals surface area contributed by atoms with Crippen LogP contribution >= 0.6 is 0 Å². The van der Waals surface area contributed by atoms with E-state index in [4.69, 9.17) is 17.2 Å². The summed E-state index contributed by atoms with van der Waals surface area (Å²) in [5.41, 5.74) is 18.4. The van der Waals surface area contributed by atoms with E-state index in [1.165, 1.54) is 9.47 Å². The number of benzene rings is 1. The highest BCUT2D eigenvalue weighted by Gasteiger charge is 2.35. The SMILES string of the molecule is CC(C)(N)C(=O)N1CCN(C(=O)Nc2ccn(-c3ccc(CN4CCC(N)CC4)cc3)c(=O)n2)[C@H](N)C1. The Morgan fingerprint density at radius 2 is 1.73 bits per heavy atom. The number of likely N-dealkylation sites (tertiary alicyclic amines) is 1. The highest BCUT2D eigenvalue weighted by atomic mass is 16.2. The highest BCUT2D eigenvalue weighted by molar-refractivity contribution is 5.89. The Balaban J connectivity index is 1.35. The number of piperazine rings is 1. The molecule has 3 amide bonds. The summed E-state index contributed by atoms with van der Waals surface area (Å²) >= 11 is 0. The van der Waals surface area contributed by atoms with Gasteiger partial charge in [0.15, 0.2) is 0 Å². The molecule has 0 spiro atoms. The van der Waals surface area contributed by atoms with Gasteiger partial charge in [0.25, 0.3) is 0 Å². The van der Waals surface area contributed by atoms with Gasteiger partial charge in [0.2, 0.25) is 5.91 Å². The molecule has 3 heterocycles. The van der Waals surface area contributed by atoms with E-state index in [9.17, 15) is 14.4 Å². The lowest BCUT2D eigenvalue weighted by Gasteiger charge is -2.41. The maximum absolute atomic E-state index is 12.8. The van der Waals surface area contributed by atoms with Gasteiger partial charge in [-0.15, -0.1) is 0 Å². The first-order valence-corrected chi connectivity index (χ1v) is 12.6. The molecule has 200 valence electrons. The van der Waals surface area contributed by atoms with Gasteiger partial charge >= 0.3 is 11.7 Å². The summed E-state index contributed by atoms with van der Waals surface area (Å²) in [6.45, 7) is 6.82. The van der Waals surface area contributed by atoms with Crippen molar-refractivity contribution in [3.63, 3.8) is 0 Å². The first-order chi connectivity index (χ1) is 17.5. The van der Waals surface area contributed by atoms with Crippen molar-refractivity contribution in [1.29, 1.82) is 0 Å². The minimum absolute atomic E-state index is 0.125. The van der Waals surface area contributed by atoms with Crippen LogP contribution in [0.15, 0.2) is 41.3 Å². The Morgan fingerprint density at radius 3 is 2.32 bits per heavy atom. The summed E-state index contributed by atoms with van der Waals surface area (Å²) in [6.07, 6.45) is 2.89. The van der Waals surface area contributed by atoms with E-state index in [0.29, 0.717) is 18.3 Å². The molecule has 1 aromatic heterocycles. The van der Waals surface area contributed by atoms with Crippen LogP contribution in [0.3, 0.4) is 0 Å². The van der Waals surface area contributed by atoms with Crippen LogP contribution in [-0.4, -0.2) is 86.7 Å². The fraction of sp³-hybridized carbons (Fsp3) is 0.520. The second-order valence-electron chi connectivity index (χ2n) is 10.4. The lowest BCUT2D eigenvalue weighted by Crippen LogP contribution is -2.64. The van der Waals surface area contributed by atoms with Gasteiger partial charge in [0.1, 0.15) is 5.82 Å². The molecular formula is C25H37N9O3. The van der Waals surface area contributed by atoms with Crippen LogP contribution in [0.5, 0.6) is 0 Å². The number of amides is 3. The normalized spacial score (nSPS) is 19.6. The van der Waals surface area contributed by atoms with Crippen LogP contribution in [0.2, 0.25) is 0 Å². The van der Waals surface area contributed by atoms with Crippen molar-refractivity contribution in [2.24, 2.45) is 17.2 Å². The number of nitrogens with one attached hydrogen (secondary N) is 1. The summed E-state index contributed by atoms with van der Waals surface area (Å²) in [5, 5.41) is 2.63. The maximum Gasteiger partial charge on any atom is 0.354 e. The number of aromatic nitrogens is 2. The molecule has 37 heavy (non-hydrogen) atoms. The van der Waals surface area contributed by atoms with E-state index in [1.54, 1.807) is 31.0 Å². The van der Waals surface area contributed by atoms with Crippen molar-refractivity contribution in [2.75, 3.05) is 38.0 Å². The number of carbonyl (C=O) groups excluding carboxylic acids is 2. The lowest BCUT2D eigenvalue weighted by atomic mass is 10.0. The van der Waals surface area contributed by atoms with Crippen LogP contribution in [-0.2, 0) is 11.3 Å². The van der Waals surface area contributed by atoms with Gasteiger partial charge in [-0.25, -0.2) is 9.59 Å². The smallest absolute Gasteiger partial charge is 0.336 e. The molecule has 2 fully saturated rings. The van der Waals surface area contributed by atoms with Gasteiger partial charge in [0.05, 0.1) is 23.9 Å². The largest absolute Gasteiger partial charge is 0.354 e. The Morgan fingerprint density at radius 1 is 1.05 bits per heavy atom. The Hall–Kier alpha value is -3.32. The maximum atomic E-state index is 12.8. The number of nitrogens with two attached hydrogens (primary N) is 3. The number of urea groups is 1.